The van der Waals surface area contributed by atoms with Gasteiger partial charge >= 0.3 is 0 Å². The monoisotopic (exact) mass is 622 g/mol. The maximum atomic E-state index is 14.4. The second-order valence-electron chi connectivity index (χ2n) is 10.1. The Kier molecular flexibility index (Phi) is 6.93. The number of nitrogens with one attached hydrogen (secondary N) is 1. The highest BCUT2D eigenvalue weighted by Gasteiger charge is 2.37. The molecule has 0 spiro atoms. The van der Waals surface area contributed by atoms with Crippen LogP contribution in [0.5, 0.6) is 0 Å². The number of thiazole rings is 1. The van der Waals surface area contributed by atoms with E-state index in [4.69, 9.17) is 16.6 Å². The van der Waals surface area contributed by atoms with Crippen LogP contribution >= 0.6 is 34.3 Å². The SMILES string of the molecule is CC1=C(C(=O)Nc2ccccc2)[C@H](c2cccs2)n2c(s/c(=C3/C(=O)N(Cc4ccc(Cl)cc4)c4ccccc43)c2=O)=N1. The van der Waals surface area contributed by atoms with Gasteiger partial charge < -0.3 is 10.2 Å². The van der Waals surface area contributed by atoms with E-state index >= 15 is 0 Å². The van der Waals surface area contributed by atoms with Gasteiger partial charge in [0.2, 0.25) is 0 Å². The van der Waals surface area contributed by atoms with Crippen molar-refractivity contribution in [2.24, 2.45) is 4.99 Å². The molecule has 2 aliphatic rings. The Balaban J connectivity index is 1.38. The molecule has 1 N–H and O–H groups in total. The van der Waals surface area contributed by atoms with E-state index in [0.717, 1.165) is 16.1 Å². The van der Waals surface area contributed by atoms with E-state index < -0.39 is 6.04 Å². The van der Waals surface area contributed by atoms with Crippen LogP contribution in [-0.2, 0) is 16.1 Å². The Morgan fingerprint density at radius 3 is 2.44 bits per heavy atom. The molecule has 0 aliphatic carbocycles. The van der Waals surface area contributed by atoms with Crippen LogP contribution in [0.2, 0.25) is 5.02 Å². The van der Waals surface area contributed by atoms with E-state index in [9.17, 15) is 14.4 Å². The lowest BCUT2D eigenvalue weighted by atomic mass is 10.0. The quantitative estimate of drug-likeness (QED) is 0.281. The predicted octanol–water partition coefficient (Wildman–Crippen LogP) is 5.51. The first-order valence-electron chi connectivity index (χ1n) is 13.5. The van der Waals surface area contributed by atoms with Gasteiger partial charge in [-0.05, 0) is 54.3 Å². The number of fused-ring (bicyclic) bond motifs is 2. The van der Waals surface area contributed by atoms with Crippen molar-refractivity contribution in [2.75, 3.05) is 10.2 Å². The number of carbonyl (C=O) groups excluding carboxylic acids is 2. The van der Waals surface area contributed by atoms with Gasteiger partial charge in [0.05, 0.1) is 29.1 Å². The average Bonchev–Trinajstić information content (AvgIpc) is 3.72. The molecule has 43 heavy (non-hydrogen) atoms. The van der Waals surface area contributed by atoms with Crippen LogP contribution in [0.3, 0.4) is 0 Å². The number of para-hydroxylation sites is 2. The van der Waals surface area contributed by atoms with E-state index in [1.807, 2.05) is 84.2 Å². The van der Waals surface area contributed by atoms with Crippen molar-refractivity contribution < 1.29 is 9.59 Å². The van der Waals surface area contributed by atoms with Crippen LogP contribution in [0, 0.1) is 0 Å². The third-order valence-electron chi connectivity index (χ3n) is 7.49. The van der Waals surface area contributed by atoms with Gasteiger partial charge in [-0.1, -0.05) is 77.5 Å². The highest BCUT2D eigenvalue weighted by Crippen LogP contribution is 2.37. The molecule has 4 heterocycles. The van der Waals surface area contributed by atoms with Gasteiger partial charge in [-0.2, -0.15) is 0 Å². The molecule has 0 radical (unpaired) electrons. The number of nitrogens with zero attached hydrogens (tertiary/aromatic N) is 3. The van der Waals surface area contributed by atoms with Gasteiger partial charge in [0.15, 0.2) is 4.80 Å². The van der Waals surface area contributed by atoms with Crippen molar-refractivity contribution in [3.63, 3.8) is 0 Å². The Hall–Kier alpha value is -4.57. The first kappa shape index (κ1) is 27.3. The summed E-state index contributed by atoms with van der Waals surface area (Å²) in [6.45, 7) is 2.11. The van der Waals surface area contributed by atoms with E-state index in [-0.39, 0.29) is 17.4 Å². The van der Waals surface area contributed by atoms with Crippen LogP contribution in [0.15, 0.2) is 117 Å². The Labute approximate surface area is 259 Å². The molecule has 5 aromatic rings. The summed E-state index contributed by atoms with van der Waals surface area (Å²) in [5, 5.41) is 5.49. The lowest BCUT2D eigenvalue weighted by Crippen LogP contribution is -2.41. The van der Waals surface area contributed by atoms with Crippen molar-refractivity contribution in [3.05, 3.63) is 148 Å². The first-order chi connectivity index (χ1) is 20.9. The van der Waals surface area contributed by atoms with Crippen molar-refractivity contribution in [1.29, 1.82) is 0 Å². The molecule has 7 nitrogen and oxygen atoms in total. The van der Waals surface area contributed by atoms with Crippen molar-refractivity contribution in [2.45, 2.75) is 19.5 Å². The fourth-order valence-corrected chi connectivity index (χ4v) is 7.61. The lowest BCUT2D eigenvalue weighted by molar-refractivity contribution is -0.114. The Morgan fingerprint density at radius 2 is 1.70 bits per heavy atom. The molecular formula is C33H23ClN4O3S2. The zero-order valence-corrected chi connectivity index (χ0v) is 25.2. The molecule has 0 saturated heterocycles. The summed E-state index contributed by atoms with van der Waals surface area (Å²) in [6, 6.07) is 27.1. The summed E-state index contributed by atoms with van der Waals surface area (Å²) < 4.78 is 1.86. The minimum atomic E-state index is -0.689. The standard InChI is InChI=1S/C33H23ClN4O3S2/c1-19-26(30(39)36-22-8-3-2-4-9-22)28(25-12-7-17-42-25)38-32(41)29(43-33(38)35-19)27-23-10-5-6-11-24(23)37(31(27)40)18-20-13-15-21(34)16-14-20/h2-17,28H,18H2,1H3,(H,36,39)/b29-27+/t28-/m0/s1. The van der Waals surface area contributed by atoms with Gasteiger partial charge in [0.25, 0.3) is 17.4 Å². The average molecular weight is 623 g/mol. The predicted molar refractivity (Wildman–Crippen MR) is 171 cm³/mol. The minimum Gasteiger partial charge on any atom is -0.322 e. The molecule has 1 atom stereocenters. The van der Waals surface area contributed by atoms with Crippen molar-refractivity contribution in [1.82, 2.24) is 4.57 Å². The largest absolute Gasteiger partial charge is 0.322 e. The molecule has 0 saturated carbocycles. The van der Waals surface area contributed by atoms with Crippen molar-refractivity contribution in [3.8, 4) is 0 Å². The van der Waals surface area contributed by atoms with Crippen LogP contribution in [0.25, 0.3) is 5.57 Å². The molecule has 3 aromatic carbocycles. The van der Waals surface area contributed by atoms with Crippen LogP contribution in [-0.4, -0.2) is 16.4 Å². The van der Waals surface area contributed by atoms with Crippen LogP contribution in [0.4, 0.5) is 11.4 Å². The van der Waals surface area contributed by atoms with Gasteiger partial charge in [0.1, 0.15) is 10.6 Å². The minimum absolute atomic E-state index is 0.258. The molecule has 2 aromatic heterocycles. The molecule has 0 bridgehead atoms. The zero-order chi connectivity index (χ0) is 29.7. The number of aromatic nitrogens is 1. The molecule has 2 aliphatic heterocycles. The third kappa shape index (κ3) is 4.75. The summed E-state index contributed by atoms with van der Waals surface area (Å²) in [6.07, 6.45) is 0. The second kappa shape index (κ2) is 10.9. The highest BCUT2D eigenvalue weighted by atomic mass is 35.5. The number of hydrogen-bond donors (Lipinski definition) is 1. The number of hydrogen-bond acceptors (Lipinski definition) is 6. The summed E-state index contributed by atoms with van der Waals surface area (Å²) in [4.78, 5) is 49.8. The summed E-state index contributed by atoms with van der Waals surface area (Å²) in [5.41, 5.74) is 3.88. The molecule has 7 rings (SSSR count). The number of anilines is 2. The summed E-state index contributed by atoms with van der Waals surface area (Å²) >= 11 is 8.72. The van der Waals surface area contributed by atoms with E-state index in [1.165, 1.54) is 22.7 Å². The fourth-order valence-electron chi connectivity index (χ4n) is 5.53. The molecule has 0 fully saturated rings. The fraction of sp³-hybridized carbons (Fsp3) is 0.0909. The molecule has 2 amide bonds. The second-order valence-corrected chi connectivity index (χ2v) is 12.5. The van der Waals surface area contributed by atoms with Gasteiger partial charge in [-0.15, -0.1) is 11.3 Å². The number of halogens is 1. The number of benzene rings is 3. The van der Waals surface area contributed by atoms with E-state index in [2.05, 4.69) is 5.32 Å². The maximum Gasteiger partial charge on any atom is 0.272 e. The van der Waals surface area contributed by atoms with Gasteiger partial charge in [-0.25, -0.2) is 4.99 Å². The maximum absolute atomic E-state index is 14.4. The number of allylic oxidation sites excluding steroid dienone is 1. The van der Waals surface area contributed by atoms with Gasteiger partial charge in [-0.3, -0.25) is 19.0 Å². The third-order valence-corrected chi connectivity index (χ3v) is 9.72. The molecule has 0 unspecified atom stereocenters. The van der Waals surface area contributed by atoms with Crippen LogP contribution < -0.4 is 25.1 Å². The first-order valence-corrected chi connectivity index (χ1v) is 15.6. The number of carbonyl (C=O) groups is 2. The molecule has 10 heteroatoms. The highest BCUT2D eigenvalue weighted by molar-refractivity contribution is 7.10. The topological polar surface area (TPSA) is 83.8 Å². The Bertz CT molecular complexity index is 2110. The normalized spacial score (nSPS) is 17.0. The smallest absolute Gasteiger partial charge is 0.272 e. The number of amides is 2. The van der Waals surface area contributed by atoms with Crippen LogP contribution in [0.1, 0.15) is 29.0 Å². The molecular weight excluding hydrogens is 600 g/mol. The molecule has 212 valence electrons. The van der Waals surface area contributed by atoms with Crippen molar-refractivity contribution >= 4 is 63.0 Å². The lowest BCUT2D eigenvalue weighted by Gasteiger charge is -2.24. The van der Waals surface area contributed by atoms with Gasteiger partial charge in [0, 0.05) is 21.2 Å². The number of rotatable bonds is 5. The zero-order valence-electron chi connectivity index (χ0n) is 22.8. The van der Waals surface area contributed by atoms with E-state index in [0.29, 0.717) is 49.0 Å². The van der Waals surface area contributed by atoms with E-state index in [1.54, 1.807) is 28.5 Å². The summed E-state index contributed by atoms with van der Waals surface area (Å²) in [5.74, 6) is -0.591. The Morgan fingerprint density at radius 1 is 0.953 bits per heavy atom. The summed E-state index contributed by atoms with van der Waals surface area (Å²) in [7, 11) is 0. The number of thiophene rings is 1.